The summed E-state index contributed by atoms with van der Waals surface area (Å²) in [6.45, 7) is 5.40. The van der Waals surface area contributed by atoms with Gasteiger partial charge < -0.3 is 15.5 Å². The second kappa shape index (κ2) is 6.43. The quantitative estimate of drug-likeness (QED) is 0.918. The number of carbonyl (C=O) groups is 1. The van der Waals surface area contributed by atoms with E-state index in [0.29, 0.717) is 11.4 Å². The summed E-state index contributed by atoms with van der Waals surface area (Å²) in [7, 11) is 0. The number of amides is 1. The molecule has 2 aliphatic heterocycles. The number of carbonyl (C=O) groups excluding carboxylic acids is 1. The van der Waals surface area contributed by atoms with E-state index in [0.717, 1.165) is 31.8 Å². The predicted molar refractivity (Wildman–Crippen MR) is 83.0 cm³/mol. The Labute approximate surface area is 126 Å². The summed E-state index contributed by atoms with van der Waals surface area (Å²) >= 11 is 0. The maximum atomic E-state index is 12.4. The van der Waals surface area contributed by atoms with Gasteiger partial charge in [-0.05, 0) is 56.8 Å². The third-order valence-electron chi connectivity index (χ3n) is 4.62. The highest BCUT2D eigenvalue weighted by molar-refractivity contribution is 5.93. The van der Waals surface area contributed by atoms with Crippen molar-refractivity contribution < 1.29 is 4.79 Å². The summed E-state index contributed by atoms with van der Waals surface area (Å²) in [5, 5.41) is 0. The Balaban J connectivity index is 1.52. The van der Waals surface area contributed by atoms with E-state index in [4.69, 9.17) is 5.73 Å². The molecule has 2 aliphatic rings. The van der Waals surface area contributed by atoms with Gasteiger partial charge in [-0.2, -0.15) is 0 Å². The molecule has 2 fully saturated rings. The number of hydrogen-bond donors (Lipinski definition) is 1. The van der Waals surface area contributed by atoms with Crippen LogP contribution in [0.3, 0.4) is 0 Å². The molecule has 0 aliphatic carbocycles. The maximum absolute atomic E-state index is 12.4. The van der Waals surface area contributed by atoms with E-state index >= 15 is 0 Å². The Morgan fingerprint density at radius 1 is 1.24 bits per heavy atom. The van der Waals surface area contributed by atoms with Crippen LogP contribution in [0.4, 0.5) is 5.69 Å². The predicted octanol–water partition coefficient (Wildman–Crippen LogP) is 1.61. The molecule has 114 valence electrons. The molecule has 2 saturated heterocycles. The molecule has 21 heavy (non-hydrogen) atoms. The normalized spacial score (nSPS) is 20.9. The Morgan fingerprint density at radius 3 is 2.62 bits per heavy atom. The molecule has 3 rings (SSSR count). The lowest BCUT2D eigenvalue weighted by Gasteiger charge is -2.33. The van der Waals surface area contributed by atoms with Crippen molar-refractivity contribution in [3.63, 3.8) is 0 Å². The number of piperidine rings is 1. The Morgan fingerprint density at radius 2 is 1.95 bits per heavy atom. The van der Waals surface area contributed by atoms with Gasteiger partial charge in [-0.25, -0.2) is 0 Å². The molecule has 0 spiro atoms. The highest BCUT2D eigenvalue weighted by Crippen LogP contribution is 2.21. The third kappa shape index (κ3) is 3.53. The van der Waals surface area contributed by atoms with E-state index in [1.807, 2.05) is 4.90 Å². The minimum atomic E-state index is 0.0157. The van der Waals surface area contributed by atoms with E-state index in [2.05, 4.69) is 9.88 Å². The van der Waals surface area contributed by atoms with E-state index in [9.17, 15) is 4.79 Å². The Bertz CT molecular complexity index is 491. The summed E-state index contributed by atoms with van der Waals surface area (Å²) in [6.07, 6.45) is 6.49. The fourth-order valence-corrected chi connectivity index (χ4v) is 3.37. The van der Waals surface area contributed by atoms with Crippen molar-refractivity contribution in [3.8, 4) is 0 Å². The standard InChI is InChI=1S/C16H24N4O/c17-14-3-6-18-15(11-14)16(21)20-9-4-13(5-10-20)12-19-7-1-2-8-19/h3,6,11,13H,1-2,4-5,7-10,12H2,(H2,17,18). The van der Waals surface area contributed by atoms with Crippen molar-refractivity contribution in [1.82, 2.24) is 14.8 Å². The first kappa shape index (κ1) is 14.3. The van der Waals surface area contributed by atoms with Crippen LogP contribution in [0.2, 0.25) is 0 Å². The zero-order valence-corrected chi connectivity index (χ0v) is 12.5. The molecular weight excluding hydrogens is 264 g/mol. The molecule has 0 bridgehead atoms. The van der Waals surface area contributed by atoms with Crippen LogP contribution < -0.4 is 5.73 Å². The average Bonchev–Trinajstić information content (AvgIpc) is 3.00. The number of likely N-dealkylation sites (tertiary alicyclic amines) is 2. The average molecular weight is 288 g/mol. The van der Waals surface area contributed by atoms with E-state index in [-0.39, 0.29) is 5.91 Å². The first-order valence-corrected chi connectivity index (χ1v) is 7.95. The number of nitrogen functional groups attached to an aromatic ring is 1. The van der Waals surface area contributed by atoms with Crippen LogP contribution >= 0.6 is 0 Å². The molecule has 0 aromatic carbocycles. The molecule has 5 nitrogen and oxygen atoms in total. The van der Waals surface area contributed by atoms with Crippen LogP contribution in [-0.4, -0.2) is 53.4 Å². The van der Waals surface area contributed by atoms with Gasteiger partial charge in [-0.3, -0.25) is 9.78 Å². The molecule has 1 amide bonds. The fraction of sp³-hybridized carbons (Fsp3) is 0.625. The lowest BCUT2D eigenvalue weighted by Crippen LogP contribution is -2.41. The molecule has 5 heteroatoms. The van der Waals surface area contributed by atoms with E-state index in [1.54, 1.807) is 18.3 Å². The van der Waals surface area contributed by atoms with E-state index < -0.39 is 0 Å². The van der Waals surface area contributed by atoms with Crippen molar-refractivity contribution >= 4 is 11.6 Å². The smallest absolute Gasteiger partial charge is 0.272 e. The molecule has 0 atom stereocenters. The molecule has 2 N–H and O–H groups in total. The summed E-state index contributed by atoms with van der Waals surface area (Å²) in [6, 6.07) is 3.37. The van der Waals surface area contributed by atoms with Gasteiger partial charge in [-0.1, -0.05) is 0 Å². The first-order valence-electron chi connectivity index (χ1n) is 7.95. The van der Waals surface area contributed by atoms with Crippen LogP contribution in [-0.2, 0) is 0 Å². The van der Waals surface area contributed by atoms with Crippen molar-refractivity contribution in [3.05, 3.63) is 24.0 Å². The Kier molecular flexibility index (Phi) is 4.39. The highest BCUT2D eigenvalue weighted by atomic mass is 16.2. The molecule has 1 aromatic rings. The van der Waals surface area contributed by atoms with Gasteiger partial charge in [0.2, 0.25) is 0 Å². The number of pyridine rings is 1. The summed E-state index contributed by atoms with van der Waals surface area (Å²) in [5.74, 6) is 0.753. The number of nitrogens with zero attached hydrogens (tertiary/aromatic N) is 3. The van der Waals surface area contributed by atoms with Crippen LogP contribution in [0.5, 0.6) is 0 Å². The van der Waals surface area contributed by atoms with Gasteiger partial charge in [0.05, 0.1) is 0 Å². The van der Waals surface area contributed by atoms with Crippen LogP contribution in [0.25, 0.3) is 0 Å². The van der Waals surface area contributed by atoms with Crippen molar-refractivity contribution in [2.24, 2.45) is 5.92 Å². The topological polar surface area (TPSA) is 62.5 Å². The number of anilines is 1. The largest absolute Gasteiger partial charge is 0.399 e. The van der Waals surface area contributed by atoms with Crippen molar-refractivity contribution in [1.29, 1.82) is 0 Å². The highest BCUT2D eigenvalue weighted by Gasteiger charge is 2.26. The van der Waals surface area contributed by atoms with Gasteiger partial charge in [0.1, 0.15) is 5.69 Å². The number of rotatable bonds is 3. The van der Waals surface area contributed by atoms with Gasteiger partial charge in [0.15, 0.2) is 0 Å². The van der Waals surface area contributed by atoms with Gasteiger partial charge in [-0.15, -0.1) is 0 Å². The minimum absolute atomic E-state index is 0.0157. The van der Waals surface area contributed by atoms with Crippen molar-refractivity contribution in [2.45, 2.75) is 25.7 Å². The van der Waals surface area contributed by atoms with Crippen molar-refractivity contribution in [2.75, 3.05) is 38.5 Å². The molecule has 0 unspecified atom stereocenters. The zero-order valence-electron chi connectivity index (χ0n) is 12.5. The summed E-state index contributed by atoms with van der Waals surface area (Å²) in [5.41, 5.74) is 6.78. The number of hydrogen-bond acceptors (Lipinski definition) is 4. The number of aromatic nitrogens is 1. The molecule has 3 heterocycles. The summed E-state index contributed by atoms with van der Waals surface area (Å²) < 4.78 is 0. The molecule has 0 saturated carbocycles. The second-order valence-corrected chi connectivity index (χ2v) is 6.22. The van der Waals surface area contributed by atoms with Crippen LogP contribution in [0.15, 0.2) is 18.3 Å². The Hall–Kier alpha value is -1.62. The van der Waals surface area contributed by atoms with Crippen LogP contribution in [0, 0.1) is 5.92 Å². The zero-order chi connectivity index (χ0) is 14.7. The van der Waals surface area contributed by atoms with E-state index in [1.165, 1.54) is 32.5 Å². The fourth-order valence-electron chi connectivity index (χ4n) is 3.37. The number of nitrogens with two attached hydrogens (primary N) is 1. The monoisotopic (exact) mass is 288 g/mol. The lowest BCUT2D eigenvalue weighted by molar-refractivity contribution is 0.0667. The molecular formula is C16H24N4O. The first-order chi connectivity index (χ1) is 10.2. The third-order valence-corrected chi connectivity index (χ3v) is 4.62. The maximum Gasteiger partial charge on any atom is 0.272 e. The molecule has 0 radical (unpaired) electrons. The SMILES string of the molecule is Nc1ccnc(C(=O)N2CCC(CN3CCCC3)CC2)c1. The lowest BCUT2D eigenvalue weighted by atomic mass is 9.96. The van der Waals surface area contributed by atoms with Gasteiger partial charge in [0.25, 0.3) is 5.91 Å². The van der Waals surface area contributed by atoms with Gasteiger partial charge in [0, 0.05) is 31.5 Å². The minimum Gasteiger partial charge on any atom is -0.399 e. The summed E-state index contributed by atoms with van der Waals surface area (Å²) in [4.78, 5) is 21.0. The van der Waals surface area contributed by atoms with Crippen LogP contribution in [0.1, 0.15) is 36.2 Å². The second-order valence-electron chi connectivity index (χ2n) is 6.22. The van der Waals surface area contributed by atoms with Gasteiger partial charge >= 0.3 is 0 Å². The molecule has 1 aromatic heterocycles.